The van der Waals surface area contributed by atoms with Crippen LogP contribution in [0.25, 0.3) is 0 Å². The summed E-state index contributed by atoms with van der Waals surface area (Å²) in [5.41, 5.74) is 1.83. The Hall–Kier alpha value is -2.78. The lowest BCUT2D eigenvalue weighted by atomic mass is 9.93. The van der Waals surface area contributed by atoms with Gasteiger partial charge in [0.15, 0.2) is 0 Å². The Labute approximate surface area is 227 Å². The van der Waals surface area contributed by atoms with E-state index in [-0.39, 0.29) is 18.6 Å². The van der Waals surface area contributed by atoms with Crippen LogP contribution in [0.4, 0.5) is 10.5 Å². The maximum Gasteiger partial charge on any atom is 0.411 e. The summed E-state index contributed by atoms with van der Waals surface area (Å²) in [6.07, 6.45) is 1.74. The largest absolute Gasteiger partial charge is 0.497 e. The number of anilines is 1. The van der Waals surface area contributed by atoms with Crippen LogP contribution in [0.3, 0.4) is 0 Å². The first-order valence-corrected chi connectivity index (χ1v) is 13.4. The number of nitrogens with one attached hydrogen (secondary N) is 1. The summed E-state index contributed by atoms with van der Waals surface area (Å²) in [5, 5.41) is 3.04. The molecule has 2 aromatic rings. The molecule has 0 saturated carbocycles. The zero-order chi connectivity index (χ0) is 26.7. The molecule has 0 radical (unpaired) electrons. The van der Waals surface area contributed by atoms with Crippen molar-refractivity contribution in [1.82, 2.24) is 9.80 Å². The first-order chi connectivity index (χ1) is 17.5. The van der Waals surface area contributed by atoms with E-state index in [4.69, 9.17) is 14.2 Å². The molecule has 0 unspecified atom stereocenters. The van der Waals surface area contributed by atoms with Gasteiger partial charge in [0.25, 0.3) is 0 Å². The number of fused-ring (bicyclic) bond motifs is 1. The van der Waals surface area contributed by atoms with Crippen LogP contribution < -0.4 is 14.8 Å². The van der Waals surface area contributed by atoms with Gasteiger partial charge in [-0.1, -0.05) is 22.0 Å². The third-order valence-electron chi connectivity index (χ3n) is 6.64. The Morgan fingerprint density at radius 2 is 1.78 bits per heavy atom. The summed E-state index contributed by atoms with van der Waals surface area (Å²) in [5.74, 6) is 1.03. The van der Waals surface area contributed by atoms with Crippen LogP contribution in [-0.2, 0) is 22.5 Å². The van der Waals surface area contributed by atoms with Crippen LogP contribution in [0, 0.1) is 0 Å². The molecule has 1 N–H and O–H groups in total. The number of piperidine rings is 1. The molecule has 0 bridgehead atoms. The number of hydrogen-bond acceptors (Lipinski definition) is 6. The van der Waals surface area contributed by atoms with Crippen molar-refractivity contribution in [2.75, 3.05) is 32.6 Å². The predicted molar refractivity (Wildman–Crippen MR) is 146 cm³/mol. The number of hydrogen-bond donors (Lipinski definition) is 1. The second kappa shape index (κ2) is 11.3. The number of carbonyl (C=O) groups is 2. The fourth-order valence-electron chi connectivity index (χ4n) is 4.63. The number of rotatable bonds is 5. The van der Waals surface area contributed by atoms with Crippen molar-refractivity contribution in [3.05, 3.63) is 52.0 Å². The van der Waals surface area contributed by atoms with E-state index in [1.165, 1.54) is 4.90 Å². The Morgan fingerprint density at radius 1 is 1.05 bits per heavy atom. The van der Waals surface area contributed by atoms with Gasteiger partial charge in [0.1, 0.15) is 29.2 Å². The monoisotopic (exact) mass is 573 g/mol. The van der Waals surface area contributed by atoms with Crippen LogP contribution in [0.1, 0.15) is 44.7 Å². The maximum atomic E-state index is 13.7. The molecule has 200 valence electrons. The zero-order valence-corrected chi connectivity index (χ0v) is 23.8. The average Bonchev–Trinajstić information content (AvgIpc) is 2.84. The first kappa shape index (κ1) is 27.3. The molecule has 2 amide bonds. The Bertz CT molecular complexity index is 1140. The standard InChI is InChI=1S/C28H36BrN3O5/c1-28(2,3)37-27(34)32-17-18-6-8-22(35-5)14-19(18)15-24(32)26(33)30-23-9-7-20(29)16-25(23)36-21-10-12-31(4)13-11-21/h6-9,14,16,21,24H,10-13,15,17H2,1-5H3,(H,30,33)/t24-/m1/s1. The van der Waals surface area contributed by atoms with Gasteiger partial charge >= 0.3 is 6.09 Å². The summed E-state index contributed by atoms with van der Waals surface area (Å²) in [6, 6.07) is 10.5. The van der Waals surface area contributed by atoms with E-state index in [1.54, 1.807) is 7.11 Å². The number of likely N-dealkylation sites (tertiary alicyclic amines) is 1. The fraction of sp³-hybridized carbons (Fsp3) is 0.500. The number of amides is 2. The van der Waals surface area contributed by atoms with Crippen molar-refractivity contribution in [1.29, 1.82) is 0 Å². The Kier molecular flexibility index (Phi) is 8.33. The number of nitrogens with zero attached hydrogens (tertiary/aromatic N) is 2. The lowest BCUT2D eigenvalue weighted by Crippen LogP contribution is -2.52. The van der Waals surface area contributed by atoms with E-state index < -0.39 is 17.7 Å². The molecule has 2 heterocycles. The van der Waals surface area contributed by atoms with E-state index in [0.717, 1.165) is 41.5 Å². The average molecular weight is 575 g/mol. The summed E-state index contributed by atoms with van der Waals surface area (Å²) in [7, 11) is 3.72. The van der Waals surface area contributed by atoms with Crippen LogP contribution in [0.2, 0.25) is 0 Å². The minimum absolute atomic E-state index is 0.0773. The van der Waals surface area contributed by atoms with Gasteiger partial charge in [-0.15, -0.1) is 0 Å². The molecule has 37 heavy (non-hydrogen) atoms. The van der Waals surface area contributed by atoms with Crippen LogP contribution in [0.5, 0.6) is 11.5 Å². The molecule has 2 aliphatic rings. The number of ether oxygens (including phenoxy) is 3. The van der Waals surface area contributed by atoms with Crippen LogP contribution in [-0.4, -0.2) is 66.8 Å². The lowest BCUT2D eigenvalue weighted by molar-refractivity contribution is -0.121. The van der Waals surface area contributed by atoms with Crippen molar-refractivity contribution < 1.29 is 23.8 Å². The quantitative estimate of drug-likeness (QED) is 0.527. The number of benzene rings is 2. The second-order valence-electron chi connectivity index (χ2n) is 10.7. The molecule has 0 aromatic heterocycles. The highest BCUT2D eigenvalue weighted by Gasteiger charge is 2.37. The molecule has 9 heteroatoms. The minimum Gasteiger partial charge on any atom is -0.497 e. The molecule has 0 spiro atoms. The van der Waals surface area contributed by atoms with E-state index in [9.17, 15) is 9.59 Å². The van der Waals surface area contributed by atoms with Crippen molar-refractivity contribution in [3.8, 4) is 11.5 Å². The van der Waals surface area contributed by atoms with Crippen molar-refractivity contribution in [3.63, 3.8) is 0 Å². The highest BCUT2D eigenvalue weighted by molar-refractivity contribution is 9.10. The van der Waals surface area contributed by atoms with Gasteiger partial charge in [-0.2, -0.15) is 0 Å². The number of carbonyl (C=O) groups excluding carboxylic acids is 2. The molecular formula is C28H36BrN3O5. The summed E-state index contributed by atoms with van der Waals surface area (Å²) in [4.78, 5) is 30.7. The van der Waals surface area contributed by atoms with Gasteiger partial charge in [-0.25, -0.2) is 4.79 Å². The summed E-state index contributed by atoms with van der Waals surface area (Å²) < 4.78 is 18.3. The molecule has 4 rings (SSSR count). The molecule has 8 nitrogen and oxygen atoms in total. The van der Waals surface area contributed by atoms with Crippen molar-refractivity contribution in [2.45, 2.75) is 64.3 Å². The predicted octanol–water partition coefficient (Wildman–Crippen LogP) is 5.23. The SMILES string of the molecule is COc1ccc2c(c1)C[C@H](C(=O)Nc1ccc(Br)cc1OC1CCN(C)CC1)N(C(=O)OC(C)(C)C)C2. The highest BCUT2D eigenvalue weighted by Crippen LogP contribution is 2.33. The van der Waals surface area contributed by atoms with Crippen molar-refractivity contribution >= 4 is 33.6 Å². The molecular weight excluding hydrogens is 538 g/mol. The minimum atomic E-state index is -0.755. The first-order valence-electron chi connectivity index (χ1n) is 12.6. The normalized spacial score (nSPS) is 18.6. The molecule has 1 saturated heterocycles. The molecule has 2 aromatic carbocycles. The Balaban J connectivity index is 1.58. The van der Waals surface area contributed by atoms with Gasteiger partial charge in [-0.05, 0) is 82.1 Å². The van der Waals surface area contributed by atoms with E-state index in [0.29, 0.717) is 23.6 Å². The van der Waals surface area contributed by atoms with E-state index >= 15 is 0 Å². The molecule has 1 atom stereocenters. The van der Waals surface area contributed by atoms with Gasteiger partial charge in [0.2, 0.25) is 5.91 Å². The van der Waals surface area contributed by atoms with Gasteiger partial charge in [0, 0.05) is 24.0 Å². The Morgan fingerprint density at radius 3 is 2.46 bits per heavy atom. The number of halogens is 1. The lowest BCUT2D eigenvalue weighted by Gasteiger charge is -2.37. The smallest absolute Gasteiger partial charge is 0.411 e. The third kappa shape index (κ3) is 6.96. The van der Waals surface area contributed by atoms with E-state index in [1.807, 2.05) is 57.2 Å². The van der Waals surface area contributed by atoms with Gasteiger partial charge < -0.3 is 24.4 Å². The zero-order valence-electron chi connectivity index (χ0n) is 22.2. The summed E-state index contributed by atoms with van der Waals surface area (Å²) >= 11 is 3.52. The van der Waals surface area contributed by atoms with E-state index in [2.05, 4.69) is 33.2 Å². The number of methoxy groups -OCH3 is 1. The third-order valence-corrected chi connectivity index (χ3v) is 7.13. The maximum absolute atomic E-state index is 13.7. The van der Waals surface area contributed by atoms with Crippen LogP contribution >= 0.6 is 15.9 Å². The van der Waals surface area contributed by atoms with Crippen molar-refractivity contribution in [2.24, 2.45) is 0 Å². The molecule has 2 aliphatic heterocycles. The van der Waals surface area contributed by atoms with Crippen LogP contribution in [0.15, 0.2) is 40.9 Å². The topological polar surface area (TPSA) is 80.3 Å². The van der Waals surface area contributed by atoms with Gasteiger partial charge in [-0.3, -0.25) is 9.69 Å². The molecule has 0 aliphatic carbocycles. The fourth-order valence-corrected chi connectivity index (χ4v) is 4.97. The van der Waals surface area contributed by atoms with Gasteiger partial charge in [0.05, 0.1) is 19.3 Å². The second-order valence-corrected chi connectivity index (χ2v) is 11.6. The highest BCUT2D eigenvalue weighted by atomic mass is 79.9. The summed E-state index contributed by atoms with van der Waals surface area (Å²) in [6.45, 7) is 7.66. The molecule has 1 fully saturated rings.